The van der Waals surface area contributed by atoms with Crippen molar-refractivity contribution in [3.8, 4) is 0 Å². The summed E-state index contributed by atoms with van der Waals surface area (Å²) < 4.78 is 1.03. The summed E-state index contributed by atoms with van der Waals surface area (Å²) >= 11 is 0. The molecule has 0 aliphatic carbocycles. The van der Waals surface area contributed by atoms with Crippen LogP contribution >= 0.6 is 10.5 Å². The van der Waals surface area contributed by atoms with Gasteiger partial charge in [-0.2, -0.15) is 0 Å². The second-order valence-electron chi connectivity index (χ2n) is 2.69. The number of fused-ring (bicyclic) bond motifs is 1. The third kappa shape index (κ3) is 1.42. The number of carbonyl (C=O) groups excluding carboxylic acids is 1. The zero-order chi connectivity index (χ0) is 9.26. The number of nitrogens with two attached hydrogens (primary N) is 1. The van der Waals surface area contributed by atoms with Crippen LogP contribution in [0.2, 0.25) is 0 Å². The Morgan fingerprint density at radius 3 is 2.85 bits per heavy atom. The van der Waals surface area contributed by atoms with E-state index in [0.29, 0.717) is 0 Å². The minimum absolute atomic E-state index is 0.267. The molecule has 0 bridgehead atoms. The fraction of sp³-hybridized carbons (Fsp3) is 0. The van der Waals surface area contributed by atoms with Gasteiger partial charge in [0.05, 0.1) is 0 Å². The van der Waals surface area contributed by atoms with Crippen molar-refractivity contribution in [3.63, 3.8) is 0 Å². The van der Waals surface area contributed by atoms with Crippen LogP contribution in [-0.4, -0.2) is 5.24 Å². The van der Waals surface area contributed by atoms with Gasteiger partial charge in [0.2, 0.25) is 0 Å². The molecule has 0 saturated carbocycles. The molecule has 0 spiro atoms. The van der Waals surface area contributed by atoms with Crippen LogP contribution in [-0.2, 0) is 0 Å². The molecule has 0 aromatic heterocycles. The van der Waals surface area contributed by atoms with E-state index in [1.807, 2.05) is 41.8 Å². The SMILES string of the molecule is NC(=O)S1=c2ccccc2=CC=C1. The van der Waals surface area contributed by atoms with Gasteiger partial charge in [-0.05, 0) is 16.7 Å². The summed E-state index contributed by atoms with van der Waals surface area (Å²) in [6.07, 6.45) is 3.87. The monoisotopic (exact) mass is 191 g/mol. The van der Waals surface area contributed by atoms with Crippen LogP contribution in [0.3, 0.4) is 0 Å². The lowest BCUT2D eigenvalue weighted by atomic mass is 10.3. The standard InChI is InChI=1S/C10H9NOS/c11-10(12)13-7-3-5-8-4-1-2-6-9(8)13/h1-7H,(H2,11,12). The van der Waals surface area contributed by atoms with Crippen LogP contribution < -0.4 is 11.0 Å². The summed E-state index contributed by atoms with van der Waals surface area (Å²) in [5, 5.41) is 2.67. The molecule has 1 amide bonds. The molecule has 13 heavy (non-hydrogen) atoms. The maximum Gasteiger partial charge on any atom is 0.275 e. The minimum Gasteiger partial charge on any atom is -0.361 e. The van der Waals surface area contributed by atoms with E-state index in [2.05, 4.69) is 0 Å². The Bertz CT molecular complexity index is 502. The van der Waals surface area contributed by atoms with Crippen molar-refractivity contribution in [2.24, 2.45) is 5.73 Å². The van der Waals surface area contributed by atoms with Crippen molar-refractivity contribution >= 4 is 21.8 Å². The van der Waals surface area contributed by atoms with Gasteiger partial charge >= 0.3 is 0 Å². The van der Waals surface area contributed by atoms with Gasteiger partial charge in [-0.25, -0.2) is 0 Å². The van der Waals surface area contributed by atoms with E-state index >= 15 is 0 Å². The molecule has 1 aliphatic heterocycles. The van der Waals surface area contributed by atoms with Crippen LogP contribution in [0.5, 0.6) is 0 Å². The van der Waals surface area contributed by atoms with Crippen LogP contribution in [0.4, 0.5) is 4.79 Å². The van der Waals surface area contributed by atoms with Crippen molar-refractivity contribution in [2.75, 3.05) is 0 Å². The Hall–Kier alpha value is -1.35. The molecule has 66 valence electrons. The Kier molecular flexibility index (Phi) is 2.02. The Morgan fingerprint density at radius 2 is 2.08 bits per heavy atom. The quantitative estimate of drug-likeness (QED) is 0.622. The first-order valence-electron chi connectivity index (χ1n) is 3.92. The number of allylic oxidation sites excluding steroid dienone is 1. The minimum atomic E-state index is -0.544. The average Bonchev–Trinajstić information content (AvgIpc) is 2.17. The van der Waals surface area contributed by atoms with Gasteiger partial charge < -0.3 is 5.73 Å². The summed E-state index contributed by atoms with van der Waals surface area (Å²) in [5.74, 6) is 0. The van der Waals surface area contributed by atoms with E-state index in [-0.39, 0.29) is 5.24 Å². The van der Waals surface area contributed by atoms with Gasteiger partial charge in [-0.15, -0.1) is 0 Å². The van der Waals surface area contributed by atoms with Crippen molar-refractivity contribution in [2.45, 2.75) is 0 Å². The zero-order valence-electron chi connectivity index (χ0n) is 6.94. The van der Waals surface area contributed by atoms with E-state index < -0.39 is 10.5 Å². The number of carbonyl (C=O) groups is 1. The molecule has 0 fully saturated rings. The second-order valence-corrected chi connectivity index (χ2v) is 4.48. The summed E-state index contributed by atoms with van der Waals surface area (Å²) in [5.41, 5.74) is 5.29. The normalized spacial score (nSPS) is 18.9. The number of primary amides is 1. The molecular formula is C10H9NOS. The predicted molar refractivity (Wildman–Crippen MR) is 55.7 cm³/mol. The third-order valence-electron chi connectivity index (χ3n) is 1.86. The lowest BCUT2D eigenvalue weighted by Gasteiger charge is -2.02. The molecule has 2 N–H and O–H groups in total. The Morgan fingerprint density at radius 1 is 1.31 bits per heavy atom. The van der Waals surface area contributed by atoms with Crippen LogP contribution in [0.25, 0.3) is 6.08 Å². The summed E-state index contributed by atoms with van der Waals surface area (Å²) in [7, 11) is -0.544. The van der Waals surface area contributed by atoms with Crippen molar-refractivity contribution in [1.29, 1.82) is 0 Å². The number of benzene rings is 1. The molecule has 1 aliphatic rings. The second kappa shape index (κ2) is 3.18. The summed E-state index contributed by atoms with van der Waals surface area (Å²) in [4.78, 5) is 11.1. The van der Waals surface area contributed by atoms with Gasteiger partial charge in [-0.1, -0.05) is 40.8 Å². The van der Waals surface area contributed by atoms with Gasteiger partial charge in [0.15, 0.2) is 0 Å². The number of rotatable bonds is 0. The highest BCUT2D eigenvalue weighted by atomic mass is 32.2. The first-order valence-corrected chi connectivity index (χ1v) is 5.21. The highest BCUT2D eigenvalue weighted by Gasteiger charge is 2.02. The molecule has 1 unspecified atom stereocenters. The molecule has 2 nitrogen and oxygen atoms in total. The summed E-state index contributed by atoms with van der Waals surface area (Å²) in [6.45, 7) is 0. The van der Waals surface area contributed by atoms with Crippen LogP contribution in [0.1, 0.15) is 0 Å². The molecule has 1 aromatic rings. The first-order chi connectivity index (χ1) is 6.29. The first kappa shape index (κ1) is 8.26. The molecule has 1 atom stereocenters. The molecule has 2 rings (SSSR count). The Labute approximate surface area is 78.3 Å². The molecular weight excluding hydrogens is 182 g/mol. The highest BCUT2D eigenvalue weighted by Crippen LogP contribution is 2.19. The summed E-state index contributed by atoms with van der Waals surface area (Å²) in [6, 6.07) is 7.82. The van der Waals surface area contributed by atoms with Gasteiger partial charge in [0.1, 0.15) is 0 Å². The van der Waals surface area contributed by atoms with Crippen molar-refractivity contribution in [1.82, 2.24) is 0 Å². The molecule has 0 saturated heterocycles. The van der Waals surface area contributed by atoms with E-state index in [1.165, 1.54) is 0 Å². The topological polar surface area (TPSA) is 43.1 Å². The van der Waals surface area contributed by atoms with Crippen molar-refractivity contribution in [3.05, 3.63) is 45.5 Å². The van der Waals surface area contributed by atoms with Crippen molar-refractivity contribution < 1.29 is 4.79 Å². The van der Waals surface area contributed by atoms with Gasteiger partial charge in [-0.3, -0.25) is 4.79 Å². The van der Waals surface area contributed by atoms with Gasteiger partial charge in [0, 0.05) is 4.51 Å². The maximum atomic E-state index is 11.1. The van der Waals surface area contributed by atoms with E-state index in [9.17, 15) is 4.79 Å². The molecule has 3 heteroatoms. The fourth-order valence-corrected chi connectivity index (χ4v) is 2.64. The molecule has 0 radical (unpaired) electrons. The predicted octanol–water partition coefficient (Wildman–Crippen LogP) is 1.59. The van der Waals surface area contributed by atoms with E-state index in [1.54, 1.807) is 0 Å². The molecule has 1 heterocycles. The number of hydrogen-bond acceptors (Lipinski definition) is 1. The number of hydrogen-bond donors (Lipinski definition) is 1. The van der Waals surface area contributed by atoms with Crippen LogP contribution in [0, 0.1) is 4.51 Å². The lowest BCUT2D eigenvalue weighted by Crippen LogP contribution is -2.10. The number of amides is 1. The lowest BCUT2D eigenvalue weighted by molar-refractivity contribution is 0.267. The zero-order valence-corrected chi connectivity index (χ0v) is 7.75. The van der Waals surface area contributed by atoms with E-state index in [4.69, 9.17) is 5.73 Å². The average molecular weight is 191 g/mol. The maximum absolute atomic E-state index is 11.1. The molecule has 1 aromatic carbocycles. The Balaban J connectivity index is 2.90. The van der Waals surface area contributed by atoms with Crippen LogP contribution in [0.15, 0.2) is 35.7 Å². The van der Waals surface area contributed by atoms with Gasteiger partial charge in [0.25, 0.3) is 5.24 Å². The smallest absolute Gasteiger partial charge is 0.275 e. The van der Waals surface area contributed by atoms with E-state index in [0.717, 1.165) is 9.73 Å². The highest BCUT2D eigenvalue weighted by molar-refractivity contribution is 8.25. The third-order valence-corrected chi connectivity index (χ3v) is 3.57. The largest absolute Gasteiger partial charge is 0.361 e. The fourth-order valence-electron chi connectivity index (χ4n) is 1.29.